The summed E-state index contributed by atoms with van der Waals surface area (Å²) in [6.45, 7) is 1.84. The van der Waals surface area contributed by atoms with Gasteiger partial charge in [0.2, 0.25) is 0 Å². The monoisotopic (exact) mass is 379 g/mol. The number of aromatic hydroxyl groups is 1. The van der Waals surface area contributed by atoms with Gasteiger partial charge >= 0.3 is 11.9 Å². The molecule has 0 fully saturated rings. The molecule has 3 N–H and O–H groups in total. The summed E-state index contributed by atoms with van der Waals surface area (Å²) in [5.41, 5.74) is 0.838. The summed E-state index contributed by atoms with van der Waals surface area (Å²) in [4.78, 5) is 32.1. The number of carbonyl (C=O) groups is 2. The number of esters is 1. The quantitative estimate of drug-likeness (QED) is 0.440. The molecule has 0 bridgehead atoms. The summed E-state index contributed by atoms with van der Waals surface area (Å²) in [5, 5.41) is 22.1. The summed E-state index contributed by atoms with van der Waals surface area (Å²) in [7, 11) is 0. The highest BCUT2D eigenvalue weighted by Crippen LogP contribution is 2.29. The van der Waals surface area contributed by atoms with Gasteiger partial charge in [0.15, 0.2) is 5.82 Å². The molecule has 8 heteroatoms. The van der Waals surface area contributed by atoms with Gasteiger partial charge in [-0.15, -0.1) is 0 Å². The number of carbonyl (C=O) groups excluding carboxylic acids is 1. The molecule has 0 unspecified atom stereocenters. The van der Waals surface area contributed by atoms with Gasteiger partial charge in [-0.05, 0) is 25.1 Å². The Labute approximate surface area is 160 Å². The van der Waals surface area contributed by atoms with Gasteiger partial charge in [0.1, 0.15) is 17.1 Å². The topological polar surface area (TPSA) is 122 Å². The van der Waals surface area contributed by atoms with E-state index in [0.717, 1.165) is 5.56 Å². The van der Waals surface area contributed by atoms with Crippen molar-refractivity contribution in [3.63, 3.8) is 0 Å². The molecule has 3 aromatic rings. The van der Waals surface area contributed by atoms with Crippen LogP contribution in [0, 0.1) is 0 Å². The molecular formula is C20H17N3O5. The number of rotatable bonds is 6. The maximum absolute atomic E-state index is 12.3. The van der Waals surface area contributed by atoms with Crippen molar-refractivity contribution in [3.05, 3.63) is 65.9 Å². The van der Waals surface area contributed by atoms with Crippen LogP contribution in [0.25, 0.3) is 11.4 Å². The van der Waals surface area contributed by atoms with Crippen molar-refractivity contribution < 1.29 is 24.5 Å². The first-order chi connectivity index (χ1) is 13.5. The lowest BCUT2D eigenvalue weighted by atomic mass is 10.1. The Bertz CT molecular complexity index is 1020. The third kappa shape index (κ3) is 4.07. The lowest BCUT2D eigenvalue weighted by Crippen LogP contribution is -2.11. The lowest BCUT2D eigenvalue weighted by Gasteiger charge is -2.13. The first kappa shape index (κ1) is 18.8. The van der Waals surface area contributed by atoms with Crippen molar-refractivity contribution in [2.75, 3.05) is 11.9 Å². The van der Waals surface area contributed by atoms with E-state index < -0.39 is 11.9 Å². The largest absolute Gasteiger partial charge is 0.506 e. The van der Waals surface area contributed by atoms with Crippen molar-refractivity contribution in [1.29, 1.82) is 0 Å². The average Bonchev–Trinajstić information content (AvgIpc) is 2.70. The Balaban J connectivity index is 2.07. The Kier molecular flexibility index (Phi) is 5.50. The number of nitrogens with zero attached hydrogens (tertiary/aromatic N) is 2. The van der Waals surface area contributed by atoms with Gasteiger partial charge in [0.25, 0.3) is 0 Å². The molecule has 0 radical (unpaired) electrons. The SMILES string of the molecule is CCOC(=O)c1cnc(-c2ccccc2)nc1Nc1cc(C(=O)O)ccc1O. The van der Waals surface area contributed by atoms with E-state index in [2.05, 4.69) is 15.3 Å². The Morgan fingerprint density at radius 3 is 2.57 bits per heavy atom. The molecule has 8 nitrogen and oxygen atoms in total. The second-order valence-electron chi connectivity index (χ2n) is 5.70. The molecule has 1 aromatic heterocycles. The number of anilines is 2. The maximum atomic E-state index is 12.3. The maximum Gasteiger partial charge on any atom is 0.343 e. The smallest absolute Gasteiger partial charge is 0.343 e. The fourth-order valence-electron chi connectivity index (χ4n) is 2.46. The highest BCUT2D eigenvalue weighted by molar-refractivity contribution is 5.96. The number of ether oxygens (including phenoxy) is 1. The van der Waals surface area contributed by atoms with E-state index in [-0.39, 0.29) is 35.0 Å². The van der Waals surface area contributed by atoms with E-state index in [4.69, 9.17) is 9.84 Å². The molecular weight excluding hydrogens is 362 g/mol. The van der Waals surface area contributed by atoms with Crippen LogP contribution in [0.3, 0.4) is 0 Å². The second-order valence-corrected chi connectivity index (χ2v) is 5.70. The minimum Gasteiger partial charge on any atom is -0.506 e. The Morgan fingerprint density at radius 2 is 1.89 bits per heavy atom. The third-order valence-electron chi connectivity index (χ3n) is 3.81. The number of aromatic nitrogens is 2. The van der Waals surface area contributed by atoms with Crippen molar-refractivity contribution in [2.24, 2.45) is 0 Å². The number of benzene rings is 2. The number of carboxylic acids is 1. The van der Waals surface area contributed by atoms with Gasteiger partial charge in [0, 0.05) is 11.8 Å². The van der Waals surface area contributed by atoms with Crippen LogP contribution in [0.5, 0.6) is 5.75 Å². The molecule has 0 spiro atoms. The molecule has 0 amide bonds. The van der Waals surface area contributed by atoms with E-state index in [1.165, 1.54) is 24.4 Å². The fourth-order valence-corrected chi connectivity index (χ4v) is 2.46. The molecule has 0 aliphatic heterocycles. The molecule has 28 heavy (non-hydrogen) atoms. The van der Waals surface area contributed by atoms with Gasteiger partial charge in [-0.3, -0.25) is 0 Å². The summed E-state index contributed by atoms with van der Waals surface area (Å²) >= 11 is 0. The second kappa shape index (κ2) is 8.17. The van der Waals surface area contributed by atoms with Crippen LogP contribution >= 0.6 is 0 Å². The standard InChI is InChI=1S/C20H17N3O5/c1-2-28-20(27)14-11-21-17(12-6-4-3-5-7-12)23-18(14)22-15-10-13(19(25)26)8-9-16(15)24/h3-11,24H,2H2,1H3,(H,25,26)(H,21,22,23). The average molecular weight is 379 g/mol. The van der Waals surface area contributed by atoms with Crippen molar-refractivity contribution in [1.82, 2.24) is 9.97 Å². The lowest BCUT2D eigenvalue weighted by molar-refractivity contribution is 0.0526. The molecule has 0 saturated carbocycles. The van der Waals surface area contributed by atoms with E-state index in [1.807, 2.05) is 30.3 Å². The third-order valence-corrected chi connectivity index (χ3v) is 3.81. The summed E-state index contributed by atoms with van der Waals surface area (Å²) in [6.07, 6.45) is 1.33. The van der Waals surface area contributed by atoms with Gasteiger partial charge in [-0.2, -0.15) is 0 Å². The van der Waals surface area contributed by atoms with E-state index in [0.29, 0.717) is 5.82 Å². The molecule has 0 atom stereocenters. The number of carboxylic acid groups (broad SMARTS) is 1. The van der Waals surface area contributed by atoms with Crippen molar-refractivity contribution in [3.8, 4) is 17.1 Å². The normalized spacial score (nSPS) is 10.3. The minimum absolute atomic E-state index is 0.0321. The minimum atomic E-state index is -1.15. The van der Waals surface area contributed by atoms with E-state index >= 15 is 0 Å². The molecule has 0 saturated heterocycles. The molecule has 0 aliphatic rings. The fraction of sp³-hybridized carbons (Fsp3) is 0.100. The van der Waals surface area contributed by atoms with Crippen LogP contribution in [0.1, 0.15) is 27.6 Å². The van der Waals surface area contributed by atoms with E-state index in [1.54, 1.807) is 6.92 Å². The van der Waals surface area contributed by atoms with Crippen LogP contribution in [0.4, 0.5) is 11.5 Å². The highest BCUT2D eigenvalue weighted by Gasteiger charge is 2.18. The molecule has 142 valence electrons. The Hall–Kier alpha value is -3.94. The highest BCUT2D eigenvalue weighted by atomic mass is 16.5. The van der Waals surface area contributed by atoms with Gasteiger partial charge < -0.3 is 20.3 Å². The summed E-state index contributed by atoms with van der Waals surface area (Å²) in [6, 6.07) is 12.9. The Morgan fingerprint density at radius 1 is 1.14 bits per heavy atom. The van der Waals surface area contributed by atoms with Crippen LogP contribution in [0.2, 0.25) is 0 Å². The predicted octanol–water partition coefficient (Wildman–Crippen LogP) is 3.47. The predicted molar refractivity (Wildman–Crippen MR) is 102 cm³/mol. The van der Waals surface area contributed by atoms with Crippen LogP contribution < -0.4 is 5.32 Å². The number of phenolic OH excluding ortho intramolecular Hbond substituents is 1. The first-order valence-corrected chi connectivity index (χ1v) is 8.42. The zero-order valence-corrected chi connectivity index (χ0v) is 14.9. The number of nitrogens with one attached hydrogen (secondary N) is 1. The van der Waals surface area contributed by atoms with Gasteiger partial charge in [-0.25, -0.2) is 19.6 Å². The number of phenols is 1. The molecule has 3 rings (SSSR count). The van der Waals surface area contributed by atoms with Crippen molar-refractivity contribution in [2.45, 2.75) is 6.92 Å². The van der Waals surface area contributed by atoms with Gasteiger partial charge in [0.05, 0.1) is 17.9 Å². The molecule has 1 heterocycles. The number of hydrogen-bond acceptors (Lipinski definition) is 7. The number of hydrogen-bond donors (Lipinski definition) is 3. The van der Waals surface area contributed by atoms with Gasteiger partial charge in [-0.1, -0.05) is 30.3 Å². The van der Waals surface area contributed by atoms with Crippen LogP contribution in [-0.4, -0.2) is 38.7 Å². The zero-order chi connectivity index (χ0) is 20.1. The van der Waals surface area contributed by atoms with Crippen LogP contribution in [-0.2, 0) is 4.74 Å². The first-order valence-electron chi connectivity index (χ1n) is 8.42. The number of aromatic carboxylic acids is 1. The van der Waals surface area contributed by atoms with Crippen molar-refractivity contribution >= 4 is 23.4 Å². The summed E-state index contributed by atoms with van der Waals surface area (Å²) in [5.74, 6) is -1.55. The van der Waals surface area contributed by atoms with Crippen LogP contribution in [0.15, 0.2) is 54.7 Å². The zero-order valence-electron chi connectivity index (χ0n) is 14.9. The molecule has 2 aromatic carbocycles. The summed E-state index contributed by atoms with van der Waals surface area (Å²) < 4.78 is 5.03. The molecule has 0 aliphatic carbocycles. The van der Waals surface area contributed by atoms with E-state index in [9.17, 15) is 14.7 Å².